The number of carbonyl (C=O) groups is 3. The minimum absolute atomic E-state index is 0.0273. The van der Waals surface area contributed by atoms with E-state index in [1.165, 1.54) is 12.1 Å². The SMILES string of the molecule is NCCCC[C@H](N)C(=O)N[C@@H](Cc1ccc(O)cc1)C(=O)N[C@@H](CS)C(N)=O. The van der Waals surface area contributed by atoms with Crippen LogP contribution < -0.4 is 27.8 Å². The first-order valence-corrected chi connectivity index (χ1v) is 9.66. The molecule has 1 rings (SSSR count). The molecular formula is C18H29N5O4S. The van der Waals surface area contributed by atoms with Gasteiger partial charge in [-0.05, 0) is 37.1 Å². The molecule has 1 aromatic rings. The van der Waals surface area contributed by atoms with Crippen LogP contribution in [0, 0.1) is 0 Å². The number of unbranched alkanes of at least 4 members (excludes halogenated alkanes) is 1. The lowest BCUT2D eigenvalue weighted by Crippen LogP contribution is -2.56. The van der Waals surface area contributed by atoms with Crippen LogP contribution in [0.1, 0.15) is 24.8 Å². The van der Waals surface area contributed by atoms with Gasteiger partial charge in [0.15, 0.2) is 0 Å². The summed E-state index contributed by atoms with van der Waals surface area (Å²) in [5.74, 6) is -1.67. The first-order valence-electron chi connectivity index (χ1n) is 9.03. The molecule has 0 aliphatic rings. The van der Waals surface area contributed by atoms with Crippen molar-refractivity contribution in [1.82, 2.24) is 10.6 Å². The summed E-state index contributed by atoms with van der Waals surface area (Å²) in [4.78, 5) is 36.4. The summed E-state index contributed by atoms with van der Waals surface area (Å²) in [6.07, 6.45) is 2.03. The van der Waals surface area contributed by atoms with Crippen molar-refractivity contribution < 1.29 is 19.5 Å². The highest BCUT2D eigenvalue weighted by Gasteiger charge is 2.27. The fourth-order valence-electron chi connectivity index (χ4n) is 2.47. The molecule has 0 aliphatic carbocycles. The third kappa shape index (κ3) is 8.15. The third-order valence-electron chi connectivity index (χ3n) is 4.16. The second-order valence-electron chi connectivity index (χ2n) is 6.47. The third-order valence-corrected chi connectivity index (χ3v) is 4.52. The van der Waals surface area contributed by atoms with E-state index in [0.29, 0.717) is 24.9 Å². The Balaban J connectivity index is 2.87. The Bertz CT molecular complexity index is 656. The molecular weight excluding hydrogens is 382 g/mol. The van der Waals surface area contributed by atoms with Crippen LogP contribution in [0.25, 0.3) is 0 Å². The highest BCUT2D eigenvalue weighted by atomic mass is 32.1. The Morgan fingerprint density at radius 2 is 1.64 bits per heavy atom. The van der Waals surface area contributed by atoms with Crippen molar-refractivity contribution in [1.29, 1.82) is 0 Å². The zero-order chi connectivity index (χ0) is 21.1. The summed E-state index contributed by atoms with van der Waals surface area (Å²) >= 11 is 4.00. The molecule has 156 valence electrons. The topological polar surface area (TPSA) is 174 Å². The summed E-state index contributed by atoms with van der Waals surface area (Å²) in [7, 11) is 0. The molecule has 0 aromatic heterocycles. The van der Waals surface area contributed by atoms with Crippen LogP contribution in [0.15, 0.2) is 24.3 Å². The highest BCUT2D eigenvalue weighted by Crippen LogP contribution is 2.12. The standard InChI is InChI=1S/C18H29N5O4S/c19-8-2-1-3-13(20)17(26)22-14(9-11-4-6-12(24)7-5-11)18(27)23-15(10-28)16(21)25/h4-7,13-15,24,28H,1-3,8-10,19-20H2,(H2,21,25)(H,22,26)(H,23,27)/t13-,14-,15-/m0/s1. The summed E-state index contributed by atoms with van der Waals surface area (Å²) in [6.45, 7) is 0.512. The van der Waals surface area contributed by atoms with Gasteiger partial charge in [0.2, 0.25) is 17.7 Å². The van der Waals surface area contributed by atoms with Crippen molar-refractivity contribution in [3.8, 4) is 5.75 Å². The highest BCUT2D eigenvalue weighted by molar-refractivity contribution is 7.80. The van der Waals surface area contributed by atoms with E-state index in [2.05, 4.69) is 23.3 Å². The Kier molecular flexibility index (Phi) is 10.4. The van der Waals surface area contributed by atoms with Gasteiger partial charge in [-0.2, -0.15) is 12.6 Å². The first kappa shape index (κ1) is 23.7. The van der Waals surface area contributed by atoms with E-state index in [-0.39, 0.29) is 17.9 Å². The van der Waals surface area contributed by atoms with Crippen molar-refractivity contribution in [2.75, 3.05) is 12.3 Å². The van der Waals surface area contributed by atoms with Gasteiger partial charge in [-0.25, -0.2) is 0 Å². The minimum atomic E-state index is -0.973. The van der Waals surface area contributed by atoms with Crippen LogP contribution in [-0.4, -0.2) is 53.3 Å². The lowest BCUT2D eigenvalue weighted by molar-refractivity contribution is -0.131. The number of phenolic OH excluding ortho intramolecular Hbond substituents is 1. The summed E-state index contributed by atoms with van der Waals surface area (Å²) < 4.78 is 0. The largest absolute Gasteiger partial charge is 0.508 e. The van der Waals surface area contributed by atoms with Crippen LogP contribution in [0.2, 0.25) is 0 Å². The molecule has 3 atom stereocenters. The number of hydrogen-bond acceptors (Lipinski definition) is 7. The number of amides is 3. The number of nitrogens with one attached hydrogen (secondary N) is 2. The molecule has 0 unspecified atom stereocenters. The molecule has 0 aliphatic heterocycles. The number of thiol groups is 1. The molecule has 0 radical (unpaired) electrons. The summed E-state index contributed by atoms with van der Waals surface area (Å²) in [5.41, 5.74) is 17.3. The lowest BCUT2D eigenvalue weighted by Gasteiger charge is -2.23. The zero-order valence-corrected chi connectivity index (χ0v) is 16.5. The number of benzene rings is 1. The van der Waals surface area contributed by atoms with Crippen molar-refractivity contribution >= 4 is 30.4 Å². The maximum absolute atomic E-state index is 12.6. The number of carbonyl (C=O) groups excluding carboxylic acids is 3. The number of primary amides is 1. The number of nitrogens with two attached hydrogens (primary N) is 3. The quantitative estimate of drug-likeness (QED) is 0.168. The molecule has 1 aromatic carbocycles. The van der Waals surface area contributed by atoms with Crippen LogP contribution in [0.4, 0.5) is 0 Å². The van der Waals surface area contributed by atoms with Gasteiger partial charge in [-0.15, -0.1) is 0 Å². The fourth-order valence-corrected chi connectivity index (χ4v) is 2.75. The zero-order valence-electron chi connectivity index (χ0n) is 15.6. The van der Waals surface area contributed by atoms with E-state index >= 15 is 0 Å². The van der Waals surface area contributed by atoms with Crippen molar-refractivity contribution in [3.05, 3.63) is 29.8 Å². The molecule has 0 fully saturated rings. The van der Waals surface area contributed by atoms with E-state index in [1.807, 2.05) is 0 Å². The van der Waals surface area contributed by atoms with Gasteiger partial charge in [0.05, 0.1) is 6.04 Å². The molecule has 9 N–H and O–H groups in total. The van der Waals surface area contributed by atoms with E-state index in [0.717, 1.165) is 6.42 Å². The van der Waals surface area contributed by atoms with Crippen molar-refractivity contribution in [2.24, 2.45) is 17.2 Å². The van der Waals surface area contributed by atoms with E-state index < -0.39 is 35.8 Å². The average Bonchev–Trinajstić information content (AvgIpc) is 2.66. The second-order valence-corrected chi connectivity index (χ2v) is 6.83. The molecule has 28 heavy (non-hydrogen) atoms. The molecule has 0 spiro atoms. The minimum Gasteiger partial charge on any atom is -0.508 e. The van der Waals surface area contributed by atoms with E-state index in [9.17, 15) is 19.5 Å². The number of hydrogen-bond donors (Lipinski definition) is 7. The Labute approximate surface area is 169 Å². The van der Waals surface area contributed by atoms with Crippen LogP contribution in [0.5, 0.6) is 5.75 Å². The Morgan fingerprint density at radius 1 is 1.04 bits per heavy atom. The van der Waals surface area contributed by atoms with Crippen molar-refractivity contribution in [2.45, 2.75) is 43.8 Å². The van der Waals surface area contributed by atoms with Gasteiger partial charge in [0.1, 0.15) is 17.8 Å². The molecule has 0 saturated heterocycles. The van der Waals surface area contributed by atoms with Crippen molar-refractivity contribution in [3.63, 3.8) is 0 Å². The molecule has 9 nitrogen and oxygen atoms in total. The number of aromatic hydroxyl groups is 1. The van der Waals surface area contributed by atoms with Gasteiger partial charge < -0.3 is 32.9 Å². The van der Waals surface area contributed by atoms with E-state index in [1.54, 1.807) is 12.1 Å². The first-order chi connectivity index (χ1) is 13.3. The Morgan fingerprint density at radius 3 is 2.18 bits per heavy atom. The number of rotatable bonds is 12. The maximum atomic E-state index is 12.6. The summed E-state index contributed by atoms with van der Waals surface area (Å²) in [6, 6.07) is 3.50. The van der Waals surface area contributed by atoms with Crippen LogP contribution in [-0.2, 0) is 20.8 Å². The molecule has 3 amide bonds. The average molecular weight is 412 g/mol. The molecule has 0 saturated carbocycles. The van der Waals surface area contributed by atoms with Gasteiger partial charge >= 0.3 is 0 Å². The number of phenols is 1. The van der Waals surface area contributed by atoms with E-state index in [4.69, 9.17) is 17.2 Å². The molecule has 10 heteroatoms. The summed E-state index contributed by atoms with van der Waals surface area (Å²) in [5, 5.41) is 14.5. The Hall–Kier alpha value is -2.30. The second kappa shape index (κ2) is 12.2. The van der Waals surface area contributed by atoms with Gasteiger partial charge in [0, 0.05) is 12.2 Å². The van der Waals surface area contributed by atoms with Crippen LogP contribution in [0.3, 0.4) is 0 Å². The molecule has 0 bridgehead atoms. The monoisotopic (exact) mass is 411 g/mol. The molecule has 0 heterocycles. The predicted molar refractivity (Wildman–Crippen MR) is 110 cm³/mol. The van der Waals surface area contributed by atoms with Gasteiger partial charge in [0.25, 0.3) is 0 Å². The fraction of sp³-hybridized carbons (Fsp3) is 0.500. The smallest absolute Gasteiger partial charge is 0.243 e. The maximum Gasteiger partial charge on any atom is 0.243 e. The normalized spacial score (nSPS) is 14.0. The lowest BCUT2D eigenvalue weighted by atomic mass is 10.0. The predicted octanol–water partition coefficient (Wildman–Crippen LogP) is -1.22. The van der Waals surface area contributed by atoms with Gasteiger partial charge in [-0.3, -0.25) is 14.4 Å². The van der Waals surface area contributed by atoms with Gasteiger partial charge in [-0.1, -0.05) is 18.6 Å². The van der Waals surface area contributed by atoms with Crippen LogP contribution >= 0.6 is 12.6 Å².